The van der Waals surface area contributed by atoms with Crippen LogP contribution in [0.25, 0.3) is 10.9 Å². The summed E-state index contributed by atoms with van der Waals surface area (Å²) < 4.78 is 14.6. The predicted octanol–water partition coefficient (Wildman–Crippen LogP) is 0.801. The summed E-state index contributed by atoms with van der Waals surface area (Å²) in [5.74, 6) is -7.23. The second-order valence-corrected chi connectivity index (χ2v) is 9.53. The SMILES string of the molecule is CN(Cc1ccc2nc(N)[nH]c(=O)c2c1)N(C(=O)c1ccccc1F)[C@@H](CCC(=O)N[C@H](CCC(=O)O)C(=O)O)C(=O)O. The van der Waals surface area contributed by atoms with E-state index in [1.54, 1.807) is 6.07 Å². The van der Waals surface area contributed by atoms with E-state index < -0.39 is 84.4 Å². The van der Waals surface area contributed by atoms with Gasteiger partial charge >= 0.3 is 17.9 Å². The summed E-state index contributed by atoms with van der Waals surface area (Å²) in [6.07, 6.45) is -2.02. The molecule has 7 N–H and O–H groups in total. The molecule has 0 aliphatic carbocycles. The lowest BCUT2D eigenvalue weighted by Crippen LogP contribution is -2.54. The Balaban J connectivity index is 1.90. The molecule has 0 aliphatic heterocycles. The number of rotatable bonds is 14. The Kier molecular flexibility index (Phi) is 10.5. The third-order valence-electron chi connectivity index (χ3n) is 6.38. The summed E-state index contributed by atoms with van der Waals surface area (Å²) in [6, 6.07) is 6.20. The number of carboxylic acid groups (broad SMARTS) is 3. The van der Waals surface area contributed by atoms with Crippen molar-refractivity contribution in [1.82, 2.24) is 25.3 Å². The molecule has 0 radical (unpaired) electrons. The average molecular weight is 601 g/mol. The molecule has 15 nitrogen and oxygen atoms in total. The highest BCUT2D eigenvalue weighted by Gasteiger charge is 2.35. The highest BCUT2D eigenvalue weighted by atomic mass is 19.1. The van der Waals surface area contributed by atoms with Crippen molar-refractivity contribution < 1.29 is 43.7 Å². The van der Waals surface area contributed by atoms with Gasteiger partial charge in [0.05, 0.1) is 16.5 Å². The number of carbonyl (C=O) groups excluding carboxylic acids is 2. The number of nitrogens with zero attached hydrogens (tertiary/aromatic N) is 3. The number of nitrogen functional groups attached to an aromatic ring is 1. The average Bonchev–Trinajstić information content (AvgIpc) is 2.93. The van der Waals surface area contributed by atoms with Crippen LogP contribution in [0.4, 0.5) is 10.3 Å². The van der Waals surface area contributed by atoms with Crippen LogP contribution in [-0.2, 0) is 25.7 Å². The molecule has 228 valence electrons. The van der Waals surface area contributed by atoms with Crippen molar-refractivity contribution in [2.75, 3.05) is 12.8 Å². The van der Waals surface area contributed by atoms with E-state index >= 15 is 0 Å². The number of carboxylic acids is 3. The lowest BCUT2D eigenvalue weighted by molar-refractivity contribution is -0.150. The van der Waals surface area contributed by atoms with Gasteiger partial charge in [-0.15, -0.1) is 0 Å². The van der Waals surface area contributed by atoms with Gasteiger partial charge in [-0.05, 0) is 42.7 Å². The van der Waals surface area contributed by atoms with E-state index in [9.17, 15) is 43.4 Å². The standard InChI is InChI=1S/C27H29FN6O9/c1-33(13-14-6-7-18-16(12-14)23(38)32-27(29)31-18)34(24(39)15-4-2-3-5-17(15)28)20(26(42)43)9-10-21(35)30-19(25(40)41)8-11-22(36)37/h2-7,12,19-20H,8-11,13H2,1H3,(H,30,35)(H,36,37)(H,40,41)(H,42,43)(H3,29,31,32,38)/t19-,20+/m1/s1. The summed E-state index contributed by atoms with van der Waals surface area (Å²) in [7, 11) is 1.36. The largest absolute Gasteiger partial charge is 0.481 e. The zero-order chi connectivity index (χ0) is 31.8. The van der Waals surface area contributed by atoms with Gasteiger partial charge in [-0.3, -0.25) is 29.2 Å². The number of amides is 2. The van der Waals surface area contributed by atoms with E-state index in [4.69, 9.17) is 10.8 Å². The number of aliphatic carboxylic acids is 3. The van der Waals surface area contributed by atoms with Crippen LogP contribution in [0.15, 0.2) is 47.3 Å². The Morgan fingerprint density at radius 1 is 1.02 bits per heavy atom. The first-order valence-corrected chi connectivity index (χ1v) is 12.8. The molecule has 2 atom stereocenters. The molecule has 1 aromatic heterocycles. The molecule has 0 unspecified atom stereocenters. The van der Waals surface area contributed by atoms with Crippen LogP contribution in [0.5, 0.6) is 0 Å². The fourth-order valence-corrected chi connectivity index (χ4v) is 4.35. The van der Waals surface area contributed by atoms with Gasteiger partial charge in [0.2, 0.25) is 11.9 Å². The van der Waals surface area contributed by atoms with E-state index in [1.165, 1.54) is 36.3 Å². The summed E-state index contributed by atoms with van der Waals surface area (Å²) in [4.78, 5) is 79.5. The topological polar surface area (TPSA) is 236 Å². The van der Waals surface area contributed by atoms with Gasteiger partial charge in [0.15, 0.2) is 0 Å². The minimum absolute atomic E-state index is 0.0890. The van der Waals surface area contributed by atoms with Crippen molar-refractivity contribution in [3.63, 3.8) is 0 Å². The number of nitrogens with two attached hydrogens (primary N) is 1. The zero-order valence-corrected chi connectivity index (χ0v) is 22.8. The third kappa shape index (κ3) is 8.32. The van der Waals surface area contributed by atoms with E-state index in [0.717, 1.165) is 17.1 Å². The highest BCUT2D eigenvalue weighted by Crippen LogP contribution is 2.21. The second-order valence-electron chi connectivity index (χ2n) is 9.53. The van der Waals surface area contributed by atoms with Crippen molar-refractivity contribution in [3.8, 4) is 0 Å². The molecule has 3 rings (SSSR count). The van der Waals surface area contributed by atoms with Crippen LogP contribution < -0.4 is 16.6 Å². The van der Waals surface area contributed by atoms with Crippen molar-refractivity contribution in [1.29, 1.82) is 0 Å². The summed E-state index contributed by atoms with van der Waals surface area (Å²) in [6.45, 7) is -0.147. The minimum atomic E-state index is -1.73. The minimum Gasteiger partial charge on any atom is -0.481 e. The van der Waals surface area contributed by atoms with Gasteiger partial charge in [-0.1, -0.05) is 18.2 Å². The van der Waals surface area contributed by atoms with Crippen molar-refractivity contribution in [3.05, 3.63) is 69.8 Å². The zero-order valence-electron chi connectivity index (χ0n) is 22.8. The molecule has 2 amide bonds. The van der Waals surface area contributed by atoms with Gasteiger partial charge in [-0.25, -0.2) is 24.0 Å². The van der Waals surface area contributed by atoms with Crippen LogP contribution in [0.3, 0.4) is 0 Å². The highest BCUT2D eigenvalue weighted by molar-refractivity contribution is 5.96. The van der Waals surface area contributed by atoms with E-state index in [-0.39, 0.29) is 17.9 Å². The molecule has 0 spiro atoms. The van der Waals surface area contributed by atoms with Crippen LogP contribution in [-0.4, -0.2) is 84.2 Å². The van der Waals surface area contributed by atoms with Gasteiger partial charge in [-0.2, -0.15) is 0 Å². The van der Waals surface area contributed by atoms with Crippen LogP contribution in [0, 0.1) is 5.82 Å². The number of aromatic nitrogens is 2. The monoisotopic (exact) mass is 600 g/mol. The summed E-state index contributed by atoms with van der Waals surface area (Å²) in [5, 5.41) is 32.5. The smallest absolute Gasteiger partial charge is 0.328 e. The van der Waals surface area contributed by atoms with Crippen LogP contribution in [0.1, 0.15) is 41.6 Å². The molecule has 1 heterocycles. The quantitative estimate of drug-likeness (QED) is 0.141. The van der Waals surface area contributed by atoms with Crippen molar-refractivity contribution in [2.24, 2.45) is 0 Å². The molecule has 43 heavy (non-hydrogen) atoms. The molecular weight excluding hydrogens is 571 g/mol. The first-order valence-electron chi connectivity index (χ1n) is 12.8. The first kappa shape index (κ1) is 32.1. The molecule has 0 saturated carbocycles. The van der Waals surface area contributed by atoms with Gasteiger partial charge < -0.3 is 26.4 Å². The first-order chi connectivity index (χ1) is 20.3. The number of hydrogen-bond acceptors (Lipinski definition) is 9. The molecule has 3 aromatic rings. The van der Waals surface area contributed by atoms with Crippen LogP contribution >= 0.6 is 0 Å². The number of carbonyl (C=O) groups is 5. The maximum Gasteiger partial charge on any atom is 0.328 e. The Hall–Kier alpha value is -5.38. The molecule has 16 heteroatoms. The molecule has 0 saturated heterocycles. The predicted molar refractivity (Wildman–Crippen MR) is 148 cm³/mol. The number of hydrogen-bond donors (Lipinski definition) is 6. The van der Waals surface area contributed by atoms with Crippen LogP contribution in [0.2, 0.25) is 0 Å². The number of aromatic amines is 1. The Labute approximate surface area is 242 Å². The van der Waals surface area contributed by atoms with E-state index in [2.05, 4.69) is 15.3 Å². The van der Waals surface area contributed by atoms with Gasteiger partial charge in [0.1, 0.15) is 17.9 Å². The third-order valence-corrected chi connectivity index (χ3v) is 6.38. The number of anilines is 1. The fourth-order valence-electron chi connectivity index (χ4n) is 4.35. The van der Waals surface area contributed by atoms with E-state index in [1.807, 2.05) is 0 Å². The number of hydrazine groups is 1. The van der Waals surface area contributed by atoms with Crippen molar-refractivity contribution in [2.45, 2.75) is 44.3 Å². The molecule has 0 aliphatic rings. The molecule has 2 aromatic carbocycles. The normalized spacial score (nSPS) is 12.4. The summed E-state index contributed by atoms with van der Waals surface area (Å²) in [5.41, 5.74) is 5.35. The van der Waals surface area contributed by atoms with E-state index in [0.29, 0.717) is 11.1 Å². The maximum atomic E-state index is 14.6. The Morgan fingerprint density at radius 3 is 2.35 bits per heavy atom. The number of halogens is 1. The second kappa shape index (κ2) is 14.0. The number of nitrogens with one attached hydrogen (secondary N) is 2. The van der Waals surface area contributed by atoms with Gasteiger partial charge in [0.25, 0.3) is 11.5 Å². The lowest BCUT2D eigenvalue weighted by Gasteiger charge is -2.36. The molecular formula is C27H29FN6O9. The number of H-pyrrole nitrogens is 1. The number of benzene rings is 2. The molecule has 0 fully saturated rings. The Morgan fingerprint density at radius 2 is 1.72 bits per heavy atom. The van der Waals surface area contributed by atoms with Crippen molar-refractivity contribution >= 4 is 46.6 Å². The fraction of sp³-hybridized carbons (Fsp3) is 0.296. The Bertz CT molecular complexity index is 1610. The lowest BCUT2D eigenvalue weighted by atomic mass is 10.1. The maximum absolute atomic E-state index is 14.6. The summed E-state index contributed by atoms with van der Waals surface area (Å²) >= 11 is 0. The number of fused-ring (bicyclic) bond motifs is 1. The van der Waals surface area contributed by atoms with Gasteiger partial charge in [0, 0.05) is 26.4 Å². The molecule has 0 bridgehead atoms.